The molecular formula is C26H27ClN6O7S. The Labute approximate surface area is 241 Å². The van der Waals surface area contributed by atoms with Crippen LogP contribution in [-0.2, 0) is 14.8 Å². The molecule has 15 heteroatoms. The molecule has 3 atom stereocenters. The summed E-state index contributed by atoms with van der Waals surface area (Å²) in [5.74, 6) is 2.10. The fourth-order valence-electron chi connectivity index (χ4n) is 4.35. The van der Waals surface area contributed by atoms with E-state index in [0.717, 1.165) is 0 Å². The topological polar surface area (TPSA) is 149 Å². The van der Waals surface area contributed by atoms with Gasteiger partial charge in [-0.25, -0.2) is 18.4 Å². The quantitative estimate of drug-likeness (QED) is 0.283. The Balaban J connectivity index is 1.58. The smallest absolute Gasteiger partial charge is 0.243 e. The number of sulfonamides is 1. The van der Waals surface area contributed by atoms with E-state index in [1.807, 2.05) is 12.1 Å². The van der Waals surface area contributed by atoms with Gasteiger partial charge < -0.3 is 23.7 Å². The van der Waals surface area contributed by atoms with E-state index in [0.29, 0.717) is 33.7 Å². The van der Waals surface area contributed by atoms with Gasteiger partial charge in [0.1, 0.15) is 35.1 Å². The molecular weight excluding hydrogens is 576 g/mol. The second-order valence-corrected chi connectivity index (χ2v) is 11.3. The van der Waals surface area contributed by atoms with Gasteiger partial charge in [0.05, 0.1) is 19.2 Å². The molecule has 216 valence electrons. The van der Waals surface area contributed by atoms with Crippen LogP contribution in [0.25, 0.3) is 5.69 Å². The monoisotopic (exact) mass is 602 g/mol. The number of benzene rings is 2. The first-order valence-electron chi connectivity index (χ1n) is 12.3. The molecule has 2 aromatic heterocycles. The van der Waals surface area contributed by atoms with Gasteiger partial charge in [-0.2, -0.15) is 0 Å². The van der Waals surface area contributed by atoms with Crippen LogP contribution in [0.5, 0.6) is 23.0 Å². The van der Waals surface area contributed by atoms with Crippen molar-refractivity contribution in [3.8, 4) is 28.7 Å². The zero-order valence-corrected chi connectivity index (χ0v) is 24.1. The molecule has 0 fully saturated rings. The molecule has 1 aliphatic heterocycles. The van der Waals surface area contributed by atoms with E-state index >= 15 is 0 Å². The molecule has 0 spiro atoms. The molecule has 0 saturated carbocycles. The lowest BCUT2D eigenvalue weighted by atomic mass is 10.2. The van der Waals surface area contributed by atoms with E-state index in [9.17, 15) is 8.42 Å². The second kappa shape index (κ2) is 11.8. The van der Waals surface area contributed by atoms with E-state index in [4.69, 9.17) is 35.3 Å². The number of anilines is 1. The molecule has 3 heterocycles. The number of halogens is 1. The van der Waals surface area contributed by atoms with Gasteiger partial charge in [-0.05, 0) is 31.2 Å². The first-order valence-corrected chi connectivity index (χ1v) is 14.3. The Bertz CT molecular complexity index is 1610. The maximum atomic E-state index is 13.7. The third-order valence-corrected chi connectivity index (χ3v) is 8.30. The maximum Gasteiger partial charge on any atom is 0.243 e. The van der Waals surface area contributed by atoms with Crippen molar-refractivity contribution < 1.29 is 32.1 Å². The van der Waals surface area contributed by atoms with E-state index in [1.54, 1.807) is 30.3 Å². The fraction of sp³-hybridized carbons (Fsp3) is 0.308. The van der Waals surface area contributed by atoms with Crippen LogP contribution < -0.4 is 23.7 Å². The van der Waals surface area contributed by atoms with E-state index in [1.165, 1.54) is 45.2 Å². The molecule has 0 bridgehead atoms. The molecule has 41 heavy (non-hydrogen) atoms. The Morgan fingerprint density at radius 3 is 2.29 bits per heavy atom. The lowest BCUT2D eigenvalue weighted by Crippen LogP contribution is -2.33. The minimum absolute atomic E-state index is 0.0927. The zero-order chi connectivity index (χ0) is 29.1. The number of aromatic nitrogens is 5. The van der Waals surface area contributed by atoms with Gasteiger partial charge in [-0.1, -0.05) is 29.8 Å². The van der Waals surface area contributed by atoms with Crippen molar-refractivity contribution in [3.05, 3.63) is 71.5 Å². The number of methoxy groups -OCH3 is 3. The van der Waals surface area contributed by atoms with Crippen molar-refractivity contribution in [1.29, 1.82) is 0 Å². The number of ether oxygens (including phenoxy) is 5. The summed E-state index contributed by atoms with van der Waals surface area (Å²) in [5, 5.41) is 7.66. The summed E-state index contributed by atoms with van der Waals surface area (Å²) < 4.78 is 60.2. The van der Waals surface area contributed by atoms with Crippen LogP contribution in [0, 0.1) is 0 Å². The third kappa shape index (κ3) is 5.58. The summed E-state index contributed by atoms with van der Waals surface area (Å²) in [6.45, 7) is 1.56. The Morgan fingerprint density at radius 1 is 1.00 bits per heavy atom. The highest BCUT2D eigenvalue weighted by atomic mass is 35.5. The van der Waals surface area contributed by atoms with Crippen LogP contribution in [0.4, 0.5) is 5.95 Å². The first-order chi connectivity index (χ1) is 19.8. The Hall–Kier alpha value is -4.14. The van der Waals surface area contributed by atoms with Crippen LogP contribution in [0.15, 0.2) is 54.9 Å². The molecule has 0 aliphatic carbocycles. The summed E-state index contributed by atoms with van der Waals surface area (Å²) >= 11 is 5.90. The molecule has 1 aliphatic rings. The summed E-state index contributed by atoms with van der Waals surface area (Å²) in [7, 11) is 0.157. The van der Waals surface area contributed by atoms with Crippen molar-refractivity contribution in [2.45, 2.75) is 24.4 Å². The largest absolute Gasteiger partial charge is 0.494 e. The zero-order valence-electron chi connectivity index (χ0n) is 22.5. The highest BCUT2D eigenvalue weighted by Gasteiger charge is 2.36. The highest BCUT2D eigenvalue weighted by Crippen LogP contribution is 2.40. The predicted molar refractivity (Wildman–Crippen MR) is 149 cm³/mol. The van der Waals surface area contributed by atoms with Crippen LogP contribution in [-0.4, -0.2) is 66.3 Å². The van der Waals surface area contributed by atoms with Gasteiger partial charge >= 0.3 is 0 Å². The normalized spacial score (nSPS) is 16.1. The van der Waals surface area contributed by atoms with E-state index in [2.05, 4.69) is 24.9 Å². The number of nitrogens with zero attached hydrogens (tertiary/aromatic N) is 5. The molecule has 0 radical (unpaired) electrons. The number of nitrogens with one attached hydrogen (secondary N) is 1. The third-order valence-electron chi connectivity index (χ3n) is 6.41. The van der Waals surface area contributed by atoms with Gasteiger partial charge in [0.2, 0.25) is 16.0 Å². The number of hydrogen-bond acceptors (Lipinski definition) is 11. The maximum absolute atomic E-state index is 13.7. The lowest BCUT2D eigenvalue weighted by molar-refractivity contribution is 0.0837. The summed E-state index contributed by atoms with van der Waals surface area (Å²) in [6, 6.07) is 12.3. The highest BCUT2D eigenvalue weighted by molar-refractivity contribution is 7.93. The van der Waals surface area contributed by atoms with Crippen LogP contribution in [0.3, 0.4) is 0 Å². The Kier molecular flexibility index (Phi) is 8.15. The minimum Gasteiger partial charge on any atom is -0.494 e. The lowest BCUT2D eigenvalue weighted by Gasteiger charge is -2.27. The molecule has 0 saturated heterocycles. The van der Waals surface area contributed by atoms with Crippen molar-refractivity contribution in [2.24, 2.45) is 0 Å². The van der Waals surface area contributed by atoms with Gasteiger partial charge in [-0.15, -0.1) is 10.2 Å². The molecule has 0 amide bonds. The summed E-state index contributed by atoms with van der Waals surface area (Å²) in [4.78, 5) is 8.26. The van der Waals surface area contributed by atoms with Crippen LogP contribution >= 0.6 is 11.6 Å². The molecule has 2 aromatic carbocycles. The minimum atomic E-state index is -4.18. The van der Waals surface area contributed by atoms with Gasteiger partial charge in [0.25, 0.3) is 0 Å². The second-order valence-electron chi connectivity index (χ2n) is 8.86. The Morgan fingerprint density at radius 2 is 1.66 bits per heavy atom. The summed E-state index contributed by atoms with van der Waals surface area (Å²) in [6.07, 6.45) is 0.957. The number of para-hydroxylation sites is 3. The number of fused-ring (bicyclic) bond motifs is 1. The number of rotatable bonds is 10. The molecule has 4 aromatic rings. The van der Waals surface area contributed by atoms with E-state index < -0.39 is 27.5 Å². The van der Waals surface area contributed by atoms with Gasteiger partial charge in [0, 0.05) is 19.5 Å². The van der Waals surface area contributed by atoms with Crippen molar-refractivity contribution in [1.82, 2.24) is 24.7 Å². The van der Waals surface area contributed by atoms with E-state index in [-0.39, 0.29) is 24.2 Å². The van der Waals surface area contributed by atoms with Gasteiger partial charge in [-0.3, -0.25) is 9.29 Å². The average molecular weight is 603 g/mol. The molecule has 1 N–H and O–H groups in total. The SMILES string of the molecule is COc1cccc(OC)c1-n1c(NS(=O)(=O)[C@@H](C)[C@H](OC)c2ncc(Cl)cn2)nnc1C1COc2ccccc2O1. The first kappa shape index (κ1) is 28.4. The van der Waals surface area contributed by atoms with Crippen molar-refractivity contribution in [2.75, 3.05) is 32.7 Å². The molecule has 13 nitrogen and oxygen atoms in total. The van der Waals surface area contributed by atoms with Crippen molar-refractivity contribution in [3.63, 3.8) is 0 Å². The summed E-state index contributed by atoms with van der Waals surface area (Å²) in [5.41, 5.74) is 0.356. The number of hydrogen-bond donors (Lipinski definition) is 1. The molecule has 1 unspecified atom stereocenters. The predicted octanol–water partition coefficient (Wildman–Crippen LogP) is 3.76. The van der Waals surface area contributed by atoms with Crippen LogP contribution in [0.2, 0.25) is 5.02 Å². The van der Waals surface area contributed by atoms with Crippen LogP contribution in [0.1, 0.15) is 30.8 Å². The van der Waals surface area contributed by atoms with Gasteiger partial charge in [0.15, 0.2) is 29.3 Å². The van der Waals surface area contributed by atoms with Crippen molar-refractivity contribution >= 4 is 27.6 Å². The standard InChI is InChI=1S/C26H27ClN6O7S/c1-15(23(38-4)24-28-12-16(27)13-29-24)41(34,35)32-26-31-30-25(21-14-39-17-8-5-6-9-18(17)40-21)33(26)22-19(36-2)10-7-11-20(22)37-3/h5-13,15,21,23H,14H2,1-4H3,(H,31,32)/t15-,21?,23-/m0/s1. The fourth-order valence-corrected chi connectivity index (χ4v) is 5.58. The average Bonchev–Trinajstić information content (AvgIpc) is 3.39. The molecule has 5 rings (SSSR count).